The lowest BCUT2D eigenvalue weighted by molar-refractivity contribution is -0.384. The molecule has 0 saturated carbocycles. The average molecular weight is 422 g/mol. The Balaban J connectivity index is 1.64. The number of carbonyl (C=O) groups excluding carboxylic acids is 1. The molecule has 2 aromatic carbocycles. The second-order valence-electron chi connectivity index (χ2n) is 6.33. The fourth-order valence-electron chi connectivity index (χ4n) is 3.00. The van der Waals surface area contributed by atoms with Gasteiger partial charge < -0.3 is 4.42 Å². The van der Waals surface area contributed by atoms with Crippen molar-refractivity contribution in [1.29, 1.82) is 0 Å². The van der Waals surface area contributed by atoms with Gasteiger partial charge in [0.1, 0.15) is 11.5 Å². The van der Waals surface area contributed by atoms with Crippen molar-refractivity contribution in [2.75, 3.05) is 4.90 Å². The number of carbonyl (C=O) groups is 1. The number of thioether (sulfide) groups is 1. The third-order valence-electron chi connectivity index (χ3n) is 4.32. The Bertz CT molecular complexity index is 1180. The molecule has 0 N–H and O–H groups in total. The SMILES string of the molecule is Cc1cccc(N2C(=O)C(=Cc3ccc(-c4ccccc4[N+](=O)[O-])o3)SC2=S)c1. The van der Waals surface area contributed by atoms with Gasteiger partial charge in [-0.1, -0.05) is 48.2 Å². The Morgan fingerprint density at radius 2 is 1.93 bits per heavy atom. The molecule has 3 aromatic rings. The zero-order valence-corrected chi connectivity index (χ0v) is 16.8. The second-order valence-corrected chi connectivity index (χ2v) is 8.01. The van der Waals surface area contributed by atoms with Crippen LogP contribution in [-0.4, -0.2) is 15.2 Å². The molecule has 4 rings (SSSR count). The van der Waals surface area contributed by atoms with Crippen molar-refractivity contribution in [3.63, 3.8) is 0 Å². The Morgan fingerprint density at radius 1 is 1.14 bits per heavy atom. The molecule has 1 aliphatic rings. The first-order chi connectivity index (χ1) is 13.9. The molecule has 6 nitrogen and oxygen atoms in total. The Hall–Kier alpha value is -3.23. The lowest BCUT2D eigenvalue weighted by Crippen LogP contribution is -2.27. The van der Waals surface area contributed by atoms with Crippen molar-refractivity contribution in [3.8, 4) is 11.3 Å². The number of nitro groups is 1. The van der Waals surface area contributed by atoms with E-state index in [4.69, 9.17) is 16.6 Å². The Labute approximate surface area is 176 Å². The molecule has 1 aliphatic heterocycles. The molecule has 2 heterocycles. The lowest BCUT2D eigenvalue weighted by Gasteiger charge is -2.14. The number of para-hydroxylation sites is 1. The van der Waals surface area contributed by atoms with E-state index in [1.807, 2.05) is 31.2 Å². The number of aryl methyl sites for hydroxylation is 1. The summed E-state index contributed by atoms with van der Waals surface area (Å²) in [6.07, 6.45) is 1.60. The maximum Gasteiger partial charge on any atom is 0.280 e. The molecule has 1 amide bonds. The fourth-order valence-corrected chi connectivity index (χ4v) is 4.28. The normalized spacial score (nSPS) is 15.3. The average Bonchev–Trinajstić information content (AvgIpc) is 3.26. The van der Waals surface area contributed by atoms with E-state index in [9.17, 15) is 14.9 Å². The van der Waals surface area contributed by atoms with Gasteiger partial charge in [-0.2, -0.15) is 0 Å². The van der Waals surface area contributed by atoms with Crippen molar-refractivity contribution >= 4 is 51.7 Å². The van der Waals surface area contributed by atoms with Crippen molar-refractivity contribution in [2.45, 2.75) is 6.92 Å². The predicted molar refractivity (Wildman–Crippen MR) is 118 cm³/mol. The van der Waals surface area contributed by atoms with Crippen LogP contribution in [0.2, 0.25) is 0 Å². The zero-order valence-electron chi connectivity index (χ0n) is 15.2. The molecular weight excluding hydrogens is 408 g/mol. The van der Waals surface area contributed by atoms with Crippen molar-refractivity contribution in [1.82, 2.24) is 0 Å². The summed E-state index contributed by atoms with van der Waals surface area (Å²) in [4.78, 5) is 25.6. The molecule has 0 atom stereocenters. The molecule has 144 valence electrons. The molecule has 0 spiro atoms. The number of amides is 1. The van der Waals surface area contributed by atoms with E-state index in [2.05, 4.69) is 0 Å². The van der Waals surface area contributed by atoms with Gasteiger partial charge in [-0.3, -0.25) is 19.8 Å². The molecule has 29 heavy (non-hydrogen) atoms. The van der Waals surface area contributed by atoms with Gasteiger partial charge in [0.05, 0.1) is 21.1 Å². The summed E-state index contributed by atoms with van der Waals surface area (Å²) >= 11 is 6.58. The van der Waals surface area contributed by atoms with E-state index >= 15 is 0 Å². The van der Waals surface area contributed by atoms with Crippen molar-refractivity contribution in [2.24, 2.45) is 0 Å². The third kappa shape index (κ3) is 3.72. The summed E-state index contributed by atoms with van der Waals surface area (Å²) in [7, 11) is 0. The van der Waals surface area contributed by atoms with Gasteiger partial charge in [0.25, 0.3) is 11.6 Å². The van der Waals surface area contributed by atoms with E-state index in [1.165, 1.54) is 22.7 Å². The largest absolute Gasteiger partial charge is 0.456 e. The maximum absolute atomic E-state index is 12.9. The number of benzene rings is 2. The minimum absolute atomic E-state index is 0.0424. The van der Waals surface area contributed by atoms with Gasteiger partial charge in [0.15, 0.2) is 4.32 Å². The first kappa shape index (κ1) is 19.1. The van der Waals surface area contributed by atoms with E-state index in [0.717, 1.165) is 11.3 Å². The molecule has 0 aliphatic carbocycles. The van der Waals surface area contributed by atoms with Gasteiger partial charge in [0, 0.05) is 12.1 Å². The number of furan rings is 1. The number of thiocarbonyl (C=S) groups is 1. The number of hydrogen-bond acceptors (Lipinski definition) is 6. The van der Waals surface area contributed by atoms with Crippen LogP contribution < -0.4 is 4.90 Å². The zero-order chi connectivity index (χ0) is 20.5. The quantitative estimate of drug-likeness (QED) is 0.237. The van der Waals surface area contributed by atoms with Crippen LogP contribution in [0.5, 0.6) is 0 Å². The van der Waals surface area contributed by atoms with Gasteiger partial charge >= 0.3 is 0 Å². The van der Waals surface area contributed by atoms with E-state index in [1.54, 1.807) is 36.4 Å². The van der Waals surface area contributed by atoms with Gasteiger partial charge in [0.2, 0.25) is 0 Å². The molecular formula is C21H14N2O4S2. The number of nitrogens with zero attached hydrogens (tertiary/aromatic N) is 2. The number of nitro benzene ring substituents is 1. The van der Waals surface area contributed by atoms with Crippen LogP contribution in [0.25, 0.3) is 17.4 Å². The minimum Gasteiger partial charge on any atom is -0.456 e. The first-order valence-electron chi connectivity index (χ1n) is 8.62. The molecule has 8 heteroatoms. The molecule has 0 unspecified atom stereocenters. The van der Waals surface area contributed by atoms with E-state index in [0.29, 0.717) is 26.3 Å². The Kier molecular flexibility index (Phi) is 5.04. The summed E-state index contributed by atoms with van der Waals surface area (Å²) in [5, 5.41) is 11.2. The molecule has 0 bridgehead atoms. The van der Waals surface area contributed by atoms with Gasteiger partial charge in [-0.25, -0.2) is 0 Å². The van der Waals surface area contributed by atoms with Gasteiger partial charge in [-0.15, -0.1) is 0 Å². The highest BCUT2D eigenvalue weighted by Gasteiger charge is 2.33. The number of anilines is 1. The van der Waals surface area contributed by atoms with Crippen molar-refractivity contribution < 1.29 is 14.1 Å². The van der Waals surface area contributed by atoms with Crippen LogP contribution in [0.4, 0.5) is 11.4 Å². The summed E-state index contributed by atoms with van der Waals surface area (Å²) in [5.41, 5.74) is 2.08. The van der Waals surface area contributed by atoms with Crippen LogP contribution in [0.1, 0.15) is 11.3 Å². The van der Waals surface area contributed by atoms with E-state index < -0.39 is 4.92 Å². The highest BCUT2D eigenvalue weighted by molar-refractivity contribution is 8.27. The maximum atomic E-state index is 12.9. The highest BCUT2D eigenvalue weighted by Crippen LogP contribution is 2.37. The minimum atomic E-state index is -0.454. The molecule has 1 fully saturated rings. The smallest absolute Gasteiger partial charge is 0.280 e. The Morgan fingerprint density at radius 3 is 2.69 bits per heavy atom. The third-order valence-corrected chi connectivity index (χ3v) is 5.62. The summed E-state index contributed by atoms with van der Waals surface area (Å²) in [5.74, 6) is 0.551. The fraction of sp³-hybridized carbons (Fsp3) is 0.0476. The topological polar surface area (TPSA) is 76.6 Å². The van der Waals surface area contributed by atoms with Crippen LogP contribution >= 0.6 is 24.0 Å². The van der Waals surface area contributed by atoms with Gasteiger partial charge in [-0.05, 0) is 42.8 Å². The second kappa shape index (κ2) is 7.65. The number of hydrogen-bond donors (Lipinski definition) is 0. The van der Waals surface area contributed by atoms with Crippen LogP contribution in [0.3, 0.4) is 0 Å². The number of rotatable bonds is 4. The summed E-state index contributed by atoms with van der Waals surface area (Å²) in [6.45, 7) is 1.95. The van der Waals surface area contributed by atoms with Crippen LogP contribution in [0, 0.1) is 17.0 Å². The predicted octanol–water partition coefficient (Wildman–Crippen LogP) is 5.57. The monoisotopic (exact) mass is 422 g/mol. The van der Waals surface area contributed by atoms with Crippen molar-refractivity contribution in [3.05, 3.63) is 87.0 Å². The van der Waals surface area contributed by atoms with Crippen LogP contribution in [-0.2, 0) is 4.79 Å². The first-order valence-corrected chi connectivity index (χ1v) is 9.85. The van der Waals surface area contributed by atoms with E-state index in [-0.39, 0.29) is 11.6 Å². The standard InChI is InChI=1S/C21H14N2O4S2/c1-13-5-4-6-14(11-13)22-20(24)19(29-21(22)28)12-15-9-10-18(27-15)16-7-2-3-8-17(16)23(25)26/h2-12H,1H3. The highest BCUT2D eigenvalue weighted by atomic mass is 32.2. The van der Waals surface area contributed by atoms with Crippen LogP contribution in [0.15, 0.2) is 70.0 Å². The summed E-state index contributed by atoms with van der Waals surface area (Å²) in [6, 6.07) is 17.2. The molecule has 0 radical (unpaired) electrons. The molecule has 1 aromatic heterocycles. The molecule has 1 saturated heterocycles. The summed E-state index contributed by atoms with van der Waals surface area (Å²) < 4.78 is 6.20. The lowest BCUT2D eigenvalue weighted by atomic mass is 10.1.